The van der Waals surface area contributed by atoms with Crippen LogP contribution in [0.2, 0.25) is 0 Å². The predicted octanol–water partition coefficient (Wildman–Crippen LogP) is 3.00. The minimum atomic E-state index is -3.80. The highest BCUT2D eigenvalue weighted by atomic mass is 32.2. The van der Waals surface area contributed by atoms with Crippen molar-refractivity contribution in [3.63, 3.8) is 0 Å². The molecule has 7 nitrogen and oxygen atoms in total. The number of benzene rings is 1. The van der Waals surface area contributed by atoms with Crippen molar-refractivity contribution in [3.05, 3.63) is 48.0 Å². The fourth-order valence-corrected chi connectivity index (χ4v) is 3.95. The smallest absolute Gasteiger partial charge is 0.246 e. The third-order valence-electron chi connectivity index (χ3n) is 3.49. The second-order valence-electron chi connectivity index (χ2n) is 7.04. The van der Waals surface area contributed by atoms with Gasteiger partial charge in [0, 0.05) is 11.7 Å². The van der Waals surface area contributed by atoms with Gasteiger partial charge in [-0.2, -0.15) is 9.61 Å². The second-order valence-corrected chi connectivity index (χ2v) is 8.69. The van der Waals surface area contributed by atoms with Crippen molar-refractivity contribution in [2.45, 2.75) is 38.1 Å². The lowest BCUT2D eigenvalue weighted by Crippen LogP contribution is -2.40. The van der Waals surface area contributed by atoms with Crippen LogP contribution in [0.4, 0.5) is 15.9 Å². The Bertz CT molecular complexity index is 1070. The van der Waals surface area contributed by atoms with Crippen molar-refractivity contribution in [2.75, 3.05) is 5.32 Å². The maximum absolute atomic E-state index is 14.1. The summed E-state index contributed by atoms with van der Waals surface area (Å²) < 4.78 is 43.2. The first-order valence-electron chi connectivity index (χ1n) is 7.97. The third-order valence-corrected chi connectivity index (χ3v) is 5.23. The fourth-order valence-electron chi connectivity index (χ4n) is 2.47. The van der Waals surface area contributed by atoms with E-state index in [2.05, 4.69) is 20.1 Å². The Morgan fingerprint density at radius 1 is 1.19 bits per heavy atom. The summed E-state index contributed by atoms with van der Waals surface area (Å²) >= 11 is 0. The van der Waals surface area contributed by atoms with Crippen LogP contribution in [0.1, 0.15) is 26.3 Å². The van der Waals surface area contributed by atoms with Gasteiger partial charge in [-0.15, -0.1) is 0 Å². The molecule has 0 atom stereocenters. The Morgan fingerprint density at radius 2 is 1.92 bits per heavy atom. The van der Waals surface area contributed by atoms with Crippen molar-refractivity contribution in [1.82, 2.24) is 19.3 Å². The molecule has 0 unspecified atom stereocenters. The van der Waals surface area contributed by atoms with Crippen LogP contribution < -0.4 is 10.0 Å². The molecule has 0 aliphatic carbocycles. The molecule has 0 aliphatic heterocycles. The summed E-state index contributed by atoms with van der Waals surface area (Å²) in [5.41, 5.74) is 0.567. The number of hydrogen-bond donors (Lipinski definition) is 2. The molecule has 9 heteroatoms. The fraction of sp³-hybridized carbons (Fsp3) is 0.294. The van der Waals surface area contributed by atoms with Gasteiger partial charge in [0.2, 0.25) is 10.0 Å². The highest BCUT2D eigenvalue weighted by molar-refractivity contribution is 7.89. The normalized spacial score (nSPS) is 12.5. The van der Waals surface area contributed by atoms with Gasteiger partial charge in [0.15, 0.2) is 5.65 Å². The largest absolute Gasteiger partial charge is 0.338 e. The van der Waals surface area contributed by atoms with E-state index < -0.39 is 21.4 Å². The van der Waals surface area contributed by atoms with Crippen LogP contribution in [-0.2, 0) is 10.0 Å². The third kappa shape index (κ3) is 3.68. The van der Waals surface area contributed by atoms with Crippen molar-refractivity contribution in [2.24, 2.45) is 0 Å². The number of aromatic nitrogens is 3. The molecule has 0 fully saturated rings. The van der Waals surface area contributed by atoms with E-state index >= 15 is 0 Å². The molecule has 2 heterocycles. The van der Waals surface area contributed by atoms with Gasteiger partial charge in [-0.1, -0.05) is 6.07 Å². The van der Waals surface area contributed by atoms with Crippen LogP contribution in [0.3, 0.4) is 0 Å². The summed E-state index contributed by atoms with van der Waals surface area (Å²) in [6.45, 7) is 7.04. The number of aryl methyl sites for hydroxylation is 1. The number of anilines is 2. The Balaban J connectivity index is 2.04. The Hall–Kier alpha value is -2.52. The zero-order valence-electron chi connectivity index (χ0n) is 14.9. The lowest BCUT2D eigenvalue weighted by Gasteiger charge is -2.19. The van der Waals surface area contributed by atoms with E-state index in [-0.39, 0.29) is 16.2 Å². The van der Waals surface area contributed by atoms with E-state index in [1.807, 2.05) is 0 Å². The summed E-state index contributed by atoms with van der Waals surface area (Å²) in [5, 5.41) is 7.03. The minimum Gasteiger partial charge on any atom is -0.338 e. The van der Waals surface area contributed by atoms with Gasteiger partial charge in [0.1, 0.15) is 16.5 Å². The van der Waals surface area contributed by atoms with Crippen molar-refractivity contribution in [1.29, 1.82) is 0 Å². The van der Waals surface area contributed by atoms with Gasteiger partial charge < -0.3 is 5.32 Å². The first kappa shape index (κ1) is 18.3. The van der Waals surface area contributed by atoms with Crippen molar-refractivity contribution >= 4 is 27.2 Å². The zero-order valence-corrected chi connectivity index (χ0v) is 15.7. The average molecular weight is 377 g/mol. The molecule has 2 N–H and O–H groups in total. The van der Waals surface area contributed by atoms with Gasteiger partial charge >= 0.3 is 0 Å². The molecule has 0 radical (unpaired) electrons. The lowest BCUT2D eigenvalue weighted by molar-refractivity contribution is 0.492. The van der Waals surface area contributed by atoms with Crippen molar-refractivity contribution < 1.29 is 12.8 Å². The standard InChI is InChI=1S/C17H20FN5O2S/c1-11-5-6-13(12(18)9-11)21-15-7-8-19-16-14(10-20-23(15)16)26(24,25)22-17(2,3)4/h5-10,21-22H,1-4H3. The van der Waals surface area contributed by atoms with Gasteiger partial charge in [-0.25, -0.2) is 22.5 Å². The van der Waals surface area contributed by atoms with Crippen molar-refractivity contribution in [3.8, 4) is 0 Å². The van der Waals surface area contributed by atoms with E-state index in [0.29, 0.717) is 5.82 Å². The molecule has 0 saturated heterocycles. The van der Waals surface area contributed by atoms with E-state index in [0.717, 1.165) is 5.56 Å². The molecule has 0 spiro atoms. The molecule has 1 aromatic carbocycles. The molecule has 2 aromatic heterocycles. The predicted molar refractivity (Wildman–Crippen MR) is 97.5 cm³/mol. The molecule has 3 aromatic rings. The van der Waals surface area contributed by atoms with Crippen LogP contribution in [0.5, 0.6) is 0 Å². The molecule has 0 saturated carbocycles. The maximum Gasteiger partial charge on any atom is 0.246 e. The average Bonchev–Trinajstić information content (AvgIpc) is 2.93. The number of rotatable bonds is 4. The molecule has 0 amide bonds. The molecule has 0 bridgehead atoms. The van der Waals surface area contributed by atoms with E-state index in [4.69, 9.17) is 0 Å². The highest BCUT2D eigenvalue weighted by Crippen LogP contribution is 2.24. The molecular formula is C17H20FN5O2S. The van der Waals surface area contributed by atoms with E-state index in [1.54, 1.807) is 45.9 Å². The van der Waals surface area contributed by atoms with Crippen LogP contribution in [0, 0.1) is 12.7 Å². The zero-order chi connectivity index (χ0) is 19.1. The van der Waals surface area contributed by atoms with Crippen LogP contribution in [-0.4, -0.2) is 28.6 Å². The number of nitrogens with zero attached hydrogens (tertiary/aromatic N) is 3. The van der Waals surface area contributed by atoms with Gasteiger partial charge in [-0.05, 0) is 51.5 Å². The Morgan fingerprint density at radius 3 is 2.58 bits per heavy atom. The molecular weight excluding hydrogens is 357 g/mol. The summed E-state index contributed by atoms with van der Waals surface area (Å²) in [6.07, 6.45) is 2.68. The molecule has 3 rings (SSSR count). The number of hydrogen-bond acceptors (Lipinski definition) is 5. The summed E-state index contributed by atoms with van der Waals surface area (Å²) in [5.74, 6) is -0.0145. The maximum atomic E-state index is 14.1. The second kappa shape index (κ2) is 6.33. The highest BCUT2D eigenvalue weighted by Gasteiger charge is 2.26. The number of sulfonamides is 1. The molecule has 26 heavy (non-hydrogen) atoms. The van der Waals surface area contributed by atoms with Crippen LogP contribution in [0.25, 0.3) is 5.65 Å². The number of nitrogens with one attached hydrogen (secondary N) is 2. The first-order valence-corrected chi connectivity index (χ1v) is 9.45. The van der Waals surface area contributed by atoms with Gasteiger partial charge in [0.05, 0.1) is 11.9 Å². The van der Waals surface area contributed by atoms with Crippen LogP contribution in [0.15, 0.2) is 41.6 Å². The Kier molecular flexibility index (Phi) is 4.45. The minimum absolute atomic E-state index is 0.0412. The SMILES string of the molecule is Cc1ccc(Nc2ccnc3c(S(=O)(=O)NC(C)(C)C)cnn23)c(F)c1. The summed E-state index contributed by atoms with van der Waals surface area (Å²) in [6, 6.07) is 6.38. The van der Waals surface area contributed by atoms with E-state index in [1.165, 1.54) is 23.0 Å². The van der Waals surface area contributed by atoms with Gasteiger partial charge in [-0.3, -0.25) is 0 Å². The topological polar surface area (TPSA) is 88.4 Å². The van der Waals surface area contributed by atoms with E-state index in [9.17, 15) is 12.8 Å². The summed E-state index contributed by atoms with van der Waals surface area (Å²) in [7, 11) is -3.80. The molecule has 138 valence electrons. The first-order chi connectivity index (χ1) is 12.1. The lowest BCUT2D eigenvalue weighted by atomic mass is 10.1. The monoisotopic (exact) mass is 377 g/mol. The quantitative estimate of drug-likeness (QED) is 0.730. The number of fused-ring (bicyclic) bond motifs is 1. The molecule has 0 aliphatic rings. The number of halogens is 1. The van der Waals surface area contributed by atoms with Crippen LogP contribution >= 0.6 is 0 Å². The summed E-state index contributed by atoms with van der Waals surface area (Å²) in [4.78, 5) is 4.08. The van der Waals surface area contributed by atoms with Gasteiger partial charge in [0.25, 0.3) is 0 Å². The Labute approximate surface area is 151 Å².